The molecule has 0 aliphatic carbocycles. The molecule has 1 amide bonds. The number of carboxylic acids is 1. The van der Waals surface area contributed by atoms with E-state index in [0.29, 0.717) is 17.9 Å². The number of carboxylic acid groups (broad SMARTS) is 1. The molecule has 1 aliphatic heterocycles. The molecule has 20 heavy (non-hydrogen) atoms. The quantitative estimate of drug-likeness (QED) is 0.880. The van der Waals surface area contributed by atoms with Gasteiger partial charge in [0.25, 0.3) is 0 Å². The van der Waals surface area contributed by atoms with Gasteiger partial charge in [-0.2, -0.15) is 0 Å². The highest BCUT2D eigenvalue weighted by molar-refractivity contribution is 9.10. The molecular weight excluding hydrogens is 324 g/mol. The van der Waals surface area contributed by atoms with Crippen LogP contribution in [0.4, 0.5) is 5.69 Å². The van der Waals surface area contributed by atoms with Crippen molar-refractivity contribution < 1.29 is 14.7 Å². The van der Waals surface area contributed by atoms with E-state index in [1.807, 2.05) is 6.07 Å². The van der Waals surface area contributed by atoms with Crippen molar-refractivity contribution >= 4 is 33.5 Å². The second-order valence-electron chi connectivity index (χ2n) is 5.07. The van der Waals surface area contributed by atoms with Gasteiger partial charge in [-0.25, -0.2) is 4.79 Å². The lowest BCUT2D eigenvalue weighted by atomic mass is 9.92. The molecule has 0 radical (unpaired) electrons. The summed E-state index contributed by atoms with van der Waals surface area (Å²) in [6, 6.07) is 5.17. The second-order valence-corrected chi connectivity index (χ2v) is 5.98. The number of benzene rings is 1. The van der Waals surface area contributed by atoms with Crippen LogP contribution >= 0.6 is 15.9 Å². The zero-order chi connectivity index (χ0) is 14.7. The minimum atomic E-state index is -0.924. The van der Waals surface area contributed by atoms with Crippen molar-refractivity contribution in [3.8, 4) is 0 Å². The summed E-state index contributed by atoms with van der Waals surface area (Å²) in [4.78, 5) is 24.3. The van der Waals surface area contributed by atoms with Gasteiger partial charge in [-0.05, 0) is 37.0 Å². The number of carbonyl (C=O) groups excluding carboxylic acids is 1. The van der Waals surface area contributed by atoms with Crippen LogP contribution in [0.2, 0.25) is 0 Å². The average molecular weight is 341 g/mol. The molecule has 0 bridgehead atoms. The third-order valence-electron chi connectivity index (χ3n) is 3.64. The molecule has 0 unspecified atom stereocenters. The van der Waals surface area contributed by atoms with Crippen molar-refractivity contribution in [2.24, 2.45) is 11.7 Å². The first-order valence-electron chi connectivity index (χ1n) is 6.53. The summed E-state index contributed by atoms with van der Waals surface area (Å²) in [5.74, 6) is -0.881. The number of nitrogens with two attached hydrogens (primary N) is 1. The summed E-state index contributed by atoms with van der Waals surface area (Å²) in [6.45, 7) is 1.49. The summed E-state index contributed by atoms with van der Waals surface area (Å²) >= 11 is 3.38. The van der Waals surface area contributed by atoms with E-state index in [0.717, 1.165) is 36.1 Å². The molecule has 6 heteroatoms. The predicted molar refractivity (Wildman–Crippen MR) is 79.8 cm³/mol. The Morgan fingerprint density at radius 3 is 2.55 bits per heavy atom. The van der Waals surface area contributed by atoms with Crippen LogP contribution in [-0.4, -0.2) is 30.1 Å². The maximum Gasteiger partial charge on any atom is 0.337 e. The van der Waals surface area contributed by atoms with Gasteiger partial charge < -0.3 is 15.7 Å². The summed E-state index contributed by atoms with van der Waals surface area (Å²) in [7, 11) is 0. The van der Waals surface area contributed by atoms with Gasteiger partial charge in [-0.3, -0.25) is 4.79 Å². The van der Waals surface area contributed by atoms with Crippen LogP contribution in [0, 0.1) is 5.92 Å². The number of rotatable bonds is 4. The molecule has 108 valence electrons. The molecule has 1 aromatic rings. The number of piperidine rings is 1. The fraction of sp³-hybridized carbons (Fsp3) is 0.429. The fourth-order valence-corrected chi connectivity index (χ4v) is 2.96. The third kappa shape index (κ3) is 3.50. The minimum absolute atomic E-state index is 0.267. The van der Waals surface area contributed by atoms with E-state index in [2.05, 4.69) is 20.8 Å². The third-order valence-corrected chi connectivity index (χ3v) is 4.13. The molecule has 0 aromatic heterocycles. The smallest absolute Gasteiger partial charge is 0.337 e. The molecule has 0 saturated carbocycles. The number of primary amides is 1. The first kappa shape index (κ1) is 14.8. The molecule has 3 N–H and O–H groups in total. The van der Waals surface area contributed by atoms with Gasteiger partial charge in [-0.15, -0.1) is 0 Å². The van der Waals surface area contributed by atoms with Crippen LogP contribution in [0.1, 0.15) is 29.6 Å². The number of hydrogen-bond acceptors (Lipinski definition) is 3. The molecule has 1 aromatic carbocycles. The Labute approximate surface area is 125 Å². The normalized spacial score (nSPS) is 16.1. The summed E-state index contributed by atoms with van der Waals surface area (Å²) in [6.07, 6.45) is 2.13. The van der Waals surface area contributed by atoms with Crippen molar-refractivity contribution in [1.82, 2.24) is 0 Å². The van der Waals surface area contributed by atoms with Crippen molar-refractivity contribution in [2.75, 3.05) is 18.0 Å². The minimum Gasteiger partial charge on any atom is -0.478 e. The number of nitrogens with zero attached hydrogens (tertiary/aromatic N) is 1. The number of anilines is 1. The van der Waals surface area contributed by atoms with Crippen molar-refractivity contribution in [3.05, 3.63) is 28.2 Å². The van der Waals surface area contributed by atoms with Crippen LogP contribution in [0.3, 0.4) is 0 Å². The second kappa shape index (κ2) is 6.26. The van der Waals surface area contributed by atoms with Crippen LogP contribution < -0.4 is 10.6 Å². The standard InChI is InChI=1S/C14H17BrN2O3/c15-10-1-2-11(14(19)20)12(8-10)17-5-3-9(4-6-17)7-13(16)18/h1-2,8-9H,3-7H2,(H2,16,18)(H,19,20). The zero-order valence-electron chi connectivity index (χ0n) is 11.0. The topological polar surface area (TPSA) is 83.6 Å². The lowest BCUT2D eigenvalue weighted by Crippen LogP contribution is -2.35. The van der Waals surface area contributed by atoms with E-state index < -0.39 is 5.97 Å². The summed E-state index contributed by atoms with van der Waals surface area (Å²) in [5, 5.41) is 9.25. The van der Waals surface area contributed by atoms with Crippen molar-refractivity contribution in [2.45, 2.75) is 19.3 Å². The number of halogens is 1. The summed E-state index contributed by atoms with van der Waals surface area (Å²) in [5.41, 5.74) is 6.25. The largest absolute Gasteiger partial charge is 0.478 e. The Balaban J connectivity index is 2.12. The van der Waals surface area contributed by atoms with Crippen molar-refractivity contribution in [1.29, 1.82) is 0 Å². The maximum atomic E-state index is 11.3. The average Bonchev–Trinajstić information content (AvgIpc) is 2.38. The molecule has 1 fully saturated rings. The van der Waals surface area contributed by atoms with Gasteiger partial charge in [0.05, 0.1) is 11.3 Å². The Morgan fingerprint density at radius 2 is 2.00 bits per heavy atom. The number of amides is 1. The molecular formula is C14H17BrN2O3. The van der Waals surface area contributed by atoms with Gasteiger partial charge in [0.2, 0.25) is 5.91 Å². The summed E-state index contributed by atoms with van der Waals surface area (Å²) < 4.78 is 0.858. The van der Waals surface area contributed by atoms with E-state index in [9.17, 15) is 14.7 Å². The molecule has 1 aliphatic rings. The van der Waals surface area contributed by atoms with Gasteiger partial charge >= 0.3 is 5.97 Å². The zero-order valence-corrected chi connectivity index (χ0v) is 12.6. The van der Waals surface area contributed by atoms with E-state index in [-0.39, 0.29) is 5.91 Å². The van der Waals surface area contributed by atoms with Crippen LogP contribution in [0.25, 0.3) is 0 Å². The van der Waals surface area contributed by atoms with E-state index >= 15 is 0 Å². The molecule has 0 spiro atoms. The van der Waals surface area contributed by atoms with Gasteiger partial charge in [-0.1, -0.05) is 15.9 Å². The molecule has 0 atom stereocenters. The van der Waals surface area contributed by atoms with E-state index in [1.54, 1.807) is 12.1 Å². The van der Waals surface area contributed by atoms with Crippen molar-refractivity contribution in [3.63, 3.8) is 0 Å². The van der Waals surface area contributed by atoms with Gasteiger partial charge in [0, 0.05) is 24.0 Å². The first-order valence-corrected chi connectivity index (χ1v) is 7.32. The van der Waals surface area contributed by atoms with Gasteiger partial charge in [0.1, 0.15) is 0 Å². The first-order chi connectivity index (χ1) is 9.47. The highest BCUT2D eigenvalue weighted by Gasteiger charge is 2.23. The fourth-order valence-electron chi connectivity index (χ4n) is 2.61. The van der Waals surface area contributed by atoms with Crippen LogP contribution in [0.5, 0.6) is 0 Å². The highest BCUT2D eigenvalue weighted by Crippen LogP contribution is 2.30. The number of hydrogen-bond donors (Lipinski definition) is 2. The van der Waals surface area contributed by atoms with Crippen LogP contribution in [-0.2, 0) is 4.79 Å². The van der Waals surface area contributed by atoms with E-state index in [1.165, 1.54) is 0 Å². The van der Waals surface area contributed by atoms with E-state index in [4.69, 9.17) is 5.73 Å². The molecule has 1 saturated heterocycles. The SMILES string of the molecule is NC(=O)CC1CCN(c2cc(Br)ccc2C(=O)O)CC1. The predicted octanol–water partition coefficient (Wildman–Crippen LogP) is 2.24. The Morgan fingerprint density at radius 1 is 1.35 bits per heavy atom. The Kier molecular flexibility index (Phi) is 4.65. The Hall–Kier alpha value is -1.56. The van der Waals surface area contributed by atoms with Crippen LogP contribution in [0.15, 0.2) is 22.7 Å². The Bertz CT molecular complexity index is 525. The van der Waals surface area contributed by atoms with Gasteiger partial charge in [0.15, 0.2) is 0 Å². The molecule has 1 heterocycles. The molecule has 2 rings (SSSR count). The lowest BCUT2D eigenvalue weighted by molar-refractivity contribution is -0.119. The number of carbonyl (C=O) groups is 2. The lowest BCUT2D eigenvalue weighted by Gasteiger charge is -2.34. The monoisotopic (exact) mass is 340 g/mol. The maximum absolute atomic E-state index is 11.3. The number of aromatic carboxylic acids is 1. The highest BCUT2D eigenvalue weighted by atomic mass is 79.9. The molecule has 5 nitrogen and oxygen atoms in total.